The first-order valence-corrected chi connectivity index (χ1v) is 9.40. The van der Waals surface area contributed by atoms with E-state index in [1.807, 2.05) is 0 Å². The number of halogens is 1. The smallest absolute Gasteiger partial charge is 0.305 e. The monoisotopic (exact) mass is 414 g/mol. The number of amides is 3. The Balaban J connectivity index is 1.68. The summed E-state index contributed by atoms with van der Waals surface area (Å²) >= 11 is 5.87. The minimum absolute atomic E-state index is 0.166. The molecule has 29 heavy (non-hydrogen) atoms. The van der Waals surface area contributed by atoms with Crippen molar-refractivity contribution in [2.45, 2.75) is 25.3 Å². The van der Waals surface area contributed by atoms with Crippen LogP contribution in [0.5, 0.6) is 0 Å². The van der Waals surface area contributed by atoms with Gasteiger partial charge in [-0.25, -0.2) is 0 Å². The van der Waals surface area contributed by atoms with Crippen LogP contribution in [0.1, 0.15) is 40.4 Å². The van der Waals surface area contributed by atoms with E-state index < -0.39 is 23.8 Å². The molecule has 0 radical (unpaired) electrons. The zero-order chi connectivity index (χ0) is 21.0. The lowest BCUT2D eigenvalue weighted by Gasteiger charge is -2.18. The second-order valence-electron chi connectivity index (χ2n) is 6.89. The molecule has 1 aliphatic heterocycles. The first kappa shape index (κ1) is 20.5. The zero-order valence-electron chi connectivity index (χ0n) is 15.4. The van der Waals surface area contributed by atoms with Crippen molar-refractivity contribution in [1.82, 2.24) is 10.6 Å². The van der Waals surface area contributed by atoms with Gasteiger partial charge >= 0.3 is 5.97 Å². The van der Waals surface area contributed by atoms with Gasteiger partial charge in [0, 0.05) is 17.0 Å². The lowest BCUT2D eigenvalue weighted by atomic mass is 9.97. The molecule has 0 aromatic heterocycles. The average molecular weight is 415 g/mol. The standard InChI is InChI=1S/C21H19ClN2O5/c22-16-7-5-13(6-8-16)17(11-19(26)27)23-20(28)14-3-1-12(2-4-14)9-15-10-18(25)24-21(15)29/h1-8,15,17H,9-11H2,(H,23,28)(H,26,27)(H,24,25,29). The molecule has 2 unspecified atom stereocenters. The predicted molar refractivity (Wildman–Crippen MR) is 105 cm³/mol. The van der Waals surface area contributed by atoms with Gasteiger partial charge in [-0.05, 0) is 41.8 Å². The number of aliphatic carboxylic acids is 1. The second kappa shape index (κ2) is 8.87. The Kier molecular flexibility index (Phi) is 6.29. The van der Waals surface area contributed by atoms with Gasteiger partial charge in [-0.3, -0.25) is 24.5 Å². The number of carboxylic acids is 1. The molecule has 0 aliphatic carbocycles. The Morgan fingerprint density at radius 2 is 1.76 bits per heavy atom. The van der Waals surface area contributed by atoms with Gasteiger partial charge in [0.25, 0.3) is 5.91 Å². The van der Waals surface area contributed by atoms with Gasteiger partial charge in [0.15, 0.2) is 0 Å². The molecule has 150 valence electrons. The molecule has 1 aliphatic rings. The molecule has 3 amide bonds. The molecule has 7 nitrogen and oxygen atoms in total. The van der Waals surface area contributed by atoms with E-state index in [1.54, 1.807) is 48.5 Å². The van der Waals surface area contributed by atoms with Crippen molar-refractivity contribution in [3.05, 3.63) is 70.2 Å². The van der Waals surface area contributed by atoms with Crippen LogP contribution in [0.2, 0.25) is 5.02 Å². The van der Waals surface area contributed by atoms with Crippen molar-refractivity contribution in [2.24, 2.45) is 5.92 Å². The third-order valence-electron chi connectivity index (χ3n) is 4.72. The Hall–Kier alpha value is -3.19. The summed E-state index contributed by atoms with van der Waals surface area (Å²) in [4.78, 5) is 46.7. The molecule has 3 rings (SSSR count). The van der Waals surface area contributed by atoms with Crippen LogP contribution < -0.4 is 10.6 Å². The third kappa shape index (κ3) is 5.42. The van der Waals surface area contributed by atoms with E-state index in [0.29, 0.717) is 22.6 Å². The van der Waals surface area contributed by atoms with E-state index in [1.165, 1.54) is 0 Å². The van der Waals surface area contributed by atoms with Crippen molar-refractivity contribution in [1.29, 1.82) is 0 Å². The summed E-state index contributed by atoms with van der Waals surface area (Å²) in [5, 5.41) is 14.7. The van der Waals surface area contributed by atoms with Crippen molar-refractivity contribution in [3.63, 3.8) is 0 Å². The molecule has 0 saturated carbocycles. The molecule has 2 atom stereocenters. The SMILES string of the molecule is O=C(O)CC(NC(=O)c1ccc(CC2CC(=O)NC2=O)cc1)c1ccc(Cl)cc1. The van der Waals surface area contributed by atoms with Gasteiger partial charge in [-0.15, -0.1) is 0 Å². The van der Waals surface area contributed by atoms with Gasteiger partial charge < -0.3 is 10.4 Å². The van der Waals surface area contributed by atoms with E-state index in [-0.39, 0.29) is 24.7 Å². The maximum atomic E-state index is 12.6. The Morgan fingerprint density at radius 3 is 2.31 bits per heavy atom. The topological polar surface area (TPSA) is 113 Å². The normalized spacial score (nSPS) is 16.9. The molecule has 0 bridgehead atoms. The van der Waals surface area contributed by atoms with Crippen LogP contribution in [-0.2, 0) is 20.8 Å². The largest absolute Gasteiger partial charge is 0.481 e. The van der Waals surface area contributed by atoms with Crippen molar-refractivity contribution in [2.75, 3.05) is 0 Å². The maximum absolute atomic E-state index is 12.6. The lowest BCUT2D eigenvalue weighted by molar-refractivity contribution is -0.137. The number of imide groups is 1. The van der Waals surface area contributed by atoms with Crippen molar-refractivity contribution in [3.8, 4) is 0 Å². The van der Waals surface area contributed by atoms with Crippen LogP contribution in [0.25, 0.3) is 0 Å². The molecule has 1 heterocycles. The number of carboxylic acid groups (broad SMARTS) is 1. The highest BCUT2D eigenvalue weighted by Gasteiger charge is 2.30. The van der Waals surface area contributed by atoms with E-state index in [9.17, 15) is 19.2 Å². The summed E-state index contributed by atoms with van der Waals surface area (Å²) in [5.74, 6) is -2.40. The first-order valence-electron chi connectivity index (χ1n) is 9.02. The summed E-state index contributed by atoms with van der Waals surface area (Å²) in [6.45, 7) is 0. The molecule has 2 aromatic rings. The number of benzene rings is 2. The third-order valence-corrected chi connectivity index (χ3v) is 4.97. The van der Waals surface area contributed by atoms with Crippen molar-refractivity contribution < 1.29 is 24.3 Å². The number of hydrogen-bond donors (Lipinski definition) is 3. The van der Waals surface area contributed by atoms with Gasteiger partial charge in [-0.2, -0.15) is 0 Å². The fourth-order valence-corrected chi connectivity index (χ4v) is 3.34. The van der Waals surface area contributed by atoms with E-state index in [0.717, 1.165) is 5.56 Å². The average Bonchev–Trinajstić information content (AvgIpc) is 2.99. The highest BCUT2D eigenvalue weighted by Crippen LogP contribution is 2.21. The number of hydrogen-bond acceptors (Lipinski definition) is 4. The van der Waals surface area contributed by atoms with E-state index in [2.05, 4.69) is 10.6 Å². The maximum Gasteiger partial charge on any atom is 0.305 e. The molecule has 1 fully saturated rings. The molecule has 1 saturated heterocycles. The van der Waals surface area contributed by atoms with Crippen LogP contribution in [0, 0.1) is 5.92 Å². The molecule has 3 N–H and O–H groups in total. The minimum Gasteiger partial charge on any atom is -0.481 e. The quantitative estimate of drug-likeness (QED) is 0.602. The highest BCUT2D eigenvalue weighted by atomic mass is 35.5. The Morgan fingerprint density at radius 1 is 1.10 bits per heavy atom. The van der Waals surface area contributed by atoms with Gasteiger partial charge in [0.2, 0.25) is 11.8 Å². The summed E-state index contributed by atoms with van der Waals surface area (Å²) in [7, 11) is 0. The molecule has 2 aromatic carbocycles. The highest BCUT2D eigenvalue weighted by molar-refractivity contribution is 6.30. The Labute approximate surface area is 172 Å². The second-order valence-corrected chi connectivity index (χ2v) is 7.33. The fraction of sp³-hybridized carbons (Fsp3) is 0.238. The number of rotatable bonds is 7. The first-order chi connectivity index (χ1) is 13.8. The zero-order valence-corrected chi connectivity index (χ0v) is 16.1. The van der Waals surface area contributed by atoms with Gasteiger partial charge in [0.1, 0.15) is 0 Å². The van der Waals surface area contributed by atoms with Crippen LogP contribution in [0.15, 0.2) is 48.5 Å². The van der Waals surface area contributed by atoms with E-state index in [4.69, 9.17) is 16.7 Å². The summed E-state index contributed by atoms with van der Waals surface area (Å²) in [6.07, 6.45) is 0.307. The van der Waals surface area contributed by atoms with Crippen LogP contribution >= 0.6 is 11.6 Å². The lowest BCUT2D eigenvalue weighted by Crippen LogP contribution is -2.30. The number of carbonyl (C=O) groups excluding carboxylic acids is 3. The molecule has 0 spiro atoms. The van der Waals surface area contributed by atoms with Crippen molar-refractivity contribution >= 4 is 35.3 Å². The number of carbonyl (C=O) groups is 4. The van der Waals surface area contributed by atoms with Crippen LogP contribution in [0.3, 0.4) is 0 Å². The summed E-state index contributed by atoms with van der Waals surface area (Å²) in [5.41, 5.74) is 1.83. The fourth-order valence-electron chi connectivity index (χ4n) is 3.21. The minimum atomic E-state index is -1.04. The van der Waals surface area contributed by atoms with Gasteiger partial charge in [0.05, 0.1) is 18.4 Å². The number of nitrogens with one attached hydrogen (secondary N) is 2. The molecule has 8 heteroatoms. The summed E-state index contributed by atoms with van der Waals surface area (Å²) < 4.78 is 0. The summed E-state index contributed by atoms with van der Waals surface area (Å²) in [6, 6.07) is 12.6. The van der Waals surface area contributed by atoms with E-state index >= 15 is 0 Å². The van der Waals surface area contributed by atoms with Crippen LogP contribution in [0.4, 0.5) is 0 Å². The molecular formula is C21H19ClN2O5. The van der Waals surface area contributed by atoms with Crippen LogP contribution in [-0.4, -0.2) is 28.8 Å². The predicted octanol–water partition coefficient (Wildman–Crippen LogP) is 2.49. The Bertz CT molecular complexity index is 941. The molecular weight excluding hydrogens is 396 g/mol. The van der Waals surface area contributed by atoms with Gasteiger partial charge in [-0.1, -0.05) is 35.9 Å².